The summed E-state index contributed by atoms with van der Waals surface area (Å²) >= 11 is 0. The Balaban J connectivity index is 1.06. The number of rotatable bonds is 13. The molecule has 3 aromatic heterocycles. The van der Waals surface area contributed by atoms with Crippen molar-refractivity contribution >= 4 is 32.6 Å². The van der Waals surface area contributed by atoms with Gasteiger partial charge in [-0.25, -0.2) is 0 Å². The molecule has 5 aliphatic rings. The van der Waals surface area contributed by atoms with Crippen LogP contribution < -0.4 is 24.3 Å². The highest BCUT2D eigenvalue weighted by molar-refractivity contribution is 5.91. The first kappa shape index (κ1) is 39.1. The van der Waals surface area contributed by atoms with Crippen molar-refractivity contribution in [2.75, 3.05) is 33.9 Å². The number of benzene rings is 3. The summed E-state index contributed by atoms with van der Waals surface area (Å²) in [5, 5.41) is 17.6. The number of hydrogen-bond donors (Lipinski definition) is 1. The highest BCUT2D eigenvalue weighted by Gasteiger charge is 2.56. The predicted molar refractivity (Wildman–Crippen MR) is 236 cm³/mol. The second kappa shape index (κ2) is 15.8. The molecule has 1 saturated carbocycles. The van der Waals surface area contributed by atoms with Gasteiger partial charge in [0.15, 0.2) is 0 Å². The van der Waals surface area contributed by atoms with Gasteiger partial charge >= 0.3 is 0 Å². The molecule has 1 aliphatic carbocycles. The van der Waals surface area contributed by atoms with Gasteiger partial charge in [-0.2, -0.15) is 0 Å². The fourth-order valence-corrected chi connectivity index (χ4v) is 11.8. The molecule has 3 aromatic carbocycles. The minimum absolute atomic E-state index is 0.0105. The molecule has 10 nitrogen and oxygen atoms in total. The third kappa shape index (κ3) is 6.71. The minimum Gasteiger partial charge on any atom is -0.497 e. The molecule has 3 unspecified atom stereocenters. The van der Waals surface area contributed by atoms with E-state index in [1.165, 1.54) is 32.1 Å². The van der Waals surface area contributed by atoms with Crippen LogP contribution in [0.15, 0.2) is 85.2 Å². The van der Waals surface area contributed by atoms with E-state index in [-0.39, 0.29) is 23.8 Å². The molecule has 60 heavy (non-hydrogen) atoms. The Morgan fingerprint density at radius 1 is 0.783 bits per heavy atom. The van der Waals surface area contributed by atoms with Crippen molar-refractivity contribution in [1.82, 2.24) is 30.4 Å². The zero-order valence-corrected chi connectivity index (χ0v) is 35.7. The van der Waals surface area contributed by atoms with Crippen molar-refractivity contribution in [2.45, 2.75) is 95.9 Å². The Hall–Kier alpha value is -5.06. The predicted octanol–water partition coefficient (Wildman–Crippen LogP) is 10.1. The van der Waals surface area contributed by atoms with Crippen molar-refractivity contribution in [2.24, 2.45) is 23.2 Å². The van der Waals surface area contributed by atoms with E-state index in [2.05, 4.69) is 79.5 Å². The van der Waals surface area contributed by atoms with E-state index in [4.69, 9.17) is 39.1 Å². The molecular weight excluding hydrogens is 749 g/mol. The molecule has 7 heterocycles. The van der Waals surface area contributed by atoms with Crippen LogP contribution in [0.5, 0.6) is 23.3 Å². The van der Waals surface area contributed by atoms with Crippen LogP contribution in [0.1, 0.15) is 95.5 Å². The molecule has 2 bridgehead atoms. The van der Waals surface area contributed by atoms with Gasteiger partial charge in [0, 0.05) is 46.3 Å². The Bertz CT molecular complexity index is 2530. The summed E-state index contributed by atoms with van der Waals surface area (Å²) in [5.74, 6) is 4.56. The SMILES string of the molecule is CC[C@@H]1C[C@]2(C[C@H](Oc3nnc(O[C@@H](c4ccnc5ccc(OC)cc45)[C@H]4CC5CCN4CC[C@@]5(C)CC)c4ccccc34)c3ccnc4ccc(OC)cc34)NCCC12. The number of ether oxygens (including phenoxy) is 4. The maximum atomic E-state index is 7.37. The maximum Gasteiger partial charge on any atom is 0.242 e. The average Bonchev–Trinajstić information content (AvgIpc) is 3.42. The van der Waals surface area contributed by atoms with Crippen molar-refractivity contribution in [3.8, 4) is 23.3 Å². The number of aromatic nitrogens is 4. The second-order valence-corrected chi connectivity index (χ2v) is 18.2. The fourth-order valence-electron chi connectivity index (χ4n) is 11.8. The van der Waals surface area contributed by atoms with Gasteiger partial charge in [0.1, 0.15) is 23.7 Å². The minimum atomic E-state index is -0.324. The Kier molecular flexibility index (Phi) is 10.3. The van der Waals surface area contributed by atoms with Crippen molar-refractivity contribution in [3.05, 3.63) is 96.3 Å². The van der Waals surface area contributed by atoms with Crippen molar-refractivity contribution < 1.29 is 18.9 Å². The summed E-state index contributed by atoms with van der Waals surface area (Å²) in [5.41, 5.74) is 4.29. The number of piperidine rings is 1. The lowest BCUT2D eigenvalue weighted by molar-refractivity contribution is 0.00353. The number of hydrogen-bond acceptors (Lipinski definition) is 10. The lowest BCUT2D eigenvalue weighted by Gasteiger charge is -2.52. The van der Waals surface area contributed by atoms with E-state index in [1.807, 2.05) is 36.7 Å². The first-order chi connectivity index (χ1) is 29.3. The molecule has 4 saturated heterocycles. The van der Waals surface area contributed by atoms with Crippen LogP contribution in [0.3, 0.4) is 0 Å². The van der Waals surface area contributed by atoms with E-state index in [9.17, 15) is 0 Å². The van der Waals surface area contributed by atoms with Gasteiger partial charge in [0.05, 0.1) is 42.1 Å². The molecule has 1 N–H and O–H groups in total. The summed E-state index contributed by atoms with van der Waals surface area (Å²) in [6.07, 6.45) is 12.2. The van der Waals surface area contributed by atoms with E-state index >= 15 is 0 Å². The zero-order chi connectivity index (χ0) is 41.0. The van der Waals surface area contributed by atoms with Crippen LogP contribution in [0.25, 0.3) is 32.6 Å². The van der Waals surface area contributed by atoms with Gasteiger partial charge in [0.2, 0.25) is 11.8 Å². The number of nitrogens with zero attached hydrogens (tertiary/aromatic N) is 5. The lowest BCUT2D eigenvalue weighted by atomic mass is 9.57. The fraction of sp³-hybridized carbons (Fsp3) is 0.480. The Labute approximate surface area is 353 Å². The number of methoxy groups -OCH3 is 2. The molecule has 312 valence electrons. The topological polar surface area (TPSA) is 104 Å². The summed E-state index contributed by atoms with van der Waals surface area (Å²) in [6.45, 7) is 10.3. The van der Waals surface area contributed by atoms with E-state index in [1.54, 1.807) is 14.2 Å². The smallest absolute Gasteiger partial charge is 0.242 e. The van der Waals surface area contributed by atoms with E-state index in [0.717, 1.165) is 100 Å². The van der Waals surface area contributed by atoms with Gasteiger partial charge in [-0.3, -0.25) is 14.9 Å². The Morgan fingerprint density at radius 3 is 2.12 bits per heavy atom. The summed E-state index contributed by atoms with van der Waals surface area (Å²) < 4.78 is 26.1. The molecule has 10 heteroatoms. The molecular formula is C50H58N6O4. The molecule has 6 aromatic rings. The van der Waals surface area contributed by atoms with Gasteiger partial charge in [-0.05, 0) is 136 Å². The third-order valence-electron chi connectivity index (χ3n) is 15.5. The van der Waals surface area contributed by atoms with Crippen LogP contribution >= 0.6 is 0 Å². The van der Waals surface area contributed by atoms with Crippen LogP contribution in [0.4, 0.5) is 0 Å². The highest BCUT2D eigenvalue weighted by atomic mass is 16.5. The van der Waals surface area contributed by atoms with Crippen LogP contribution in [0, 0.1) is 23.2 Å². The third-order valence-corrected chi connectivity index (χ3v) is 15.5. The molecule has 4 aliphatic heterocycles. The zero-order valence-electron chi connectivity index (χ0n) is 35.7. The Morgan fingerprint density at radius 2 is 1.45 bits per heavy atom. The van der Waals surface area contributed by atoms with E-state index in [0.29, 0.717) is 29.0 Å². The average molecular weight is 807 g/mol. The molecule has 11 rings (SSSR count). The first-order valence-corrected chi connectivity index (χ1v) is 22.3. The summed E-state index contributed by atoms with van der Waals surface area (Å²) in [7, 11) is 3.42. The van der Waals surface area contributed by atoms with Crippen LogP contribution in [-0.2, 0) is 0 Å². The number of pyridine rings is 2. The molecule has 5 fully saturated rings. The van der Waals surface area contributed by atoms with Gasteiger partial charge < -0.3 is 24.3 Å². The second-order valence-electron chi connectivity index (χ2n) is 18.2. The first-order valence-electron chi connectivity index (χ1n) is 22.3. The molecule has 0 amide bonds. The van der Waals surface area contributed by atoms with Crippen LogP contribution in [-0.4, -0.2) is 70.5 Å². The standard InChI is InChI=1S/C50H58N6O4/c1-6-31-29-50(41(31)18-23-53-50)30-45(35-16-21-51-42-14-12-33(57-4)27-39(35)42)59-47-37-10-8-9-11-38(37)48(55-54-47)60-46(36-17-22-52-43-15-13-34(58-5)28-40(36)43)44-26-32-19-24-56(44)25-20-49(32,3)7-2/h8-17,21-22,27-28,31-32,41,44-46,53H,6-7,18-20,23-26,29-30H2,1-5H3/t31-,32?,41?,44-,45+,46+,49-,50-/m1/s1. The monoisotopic (exact) mass is 806 g/mol. The largest absolute Gasteiger partial charge is 0.497 e. The van der Waals surface area contributed by atoms with Gasteiger partial charge in [-0.1, -0.05) is 45.7 Å². The number of fused-ring (bicyclic) bond motifs is 8. The normalized spacial score (nSPS) is 28.2. The highest BCUT2D eigenvalue weighted by Crippen LogP contribution is 2.55. The molecule has 9 atom stereocenters. The van der Waals surface area contributed by atoms with Gasteiger partial charge in [-0.15, -0.1) is 10.2 Å². The van der Waals surface area contributed by atoms with E-state index < -0.39 is 0 Å². The maximum absolute atomic E-state index is 7.37. The quantitative estimate of drug-likeness (QED) is 0.121. The van der Waals surface area contributed by atoms with Crippen molar-refractivity contribution in [1.29, 1.82) is 0 Å². The van der Waals surface area contributed by atoms with Crippen LogP contribution in [0.2, 0.25) is 0 Å². The number of nitrogens with one attached hydrogen (secondary N) is 1. The molecule has 0 spiro atoms. The molecule has 0 radical (unpaired) electrons. The van der Waals surface area contributed by atoms with Gasteiger partial charge in [0.25, 0.3) is 0 Å². The summed E-state index contributed by atoms with van der Waals surface area (Å²) in [4.78, 5) is 12.2. The van der Waals surface area contributed by atoms with Crippen molar-refractivity contribution in [3.63, 3.8) is 0 Å². The summed E-state index contributed by atoms with van der Waals surface area (Å²) in [6, 6.07) is 24.9. The lowest BCUT2D eigenvalue weighted by Crippen LogP contribution is -2.58.